The third-order valence-electron chi connectivity index (χ3n) is 2.02. The Morgan fingerprint density at radius 2 is 2.00 bits per heavy atom. The van der Waals surface area contributed by atoms with Gasteiger partial charge in [0, 0.05) is 18.7 Å². The molecule has 0 bridgehead atoms. The molecule has 1 aromatic heterocycles. The molecule has 0 amide bonds. The summed E-state index contributed by atoms with van der Waals surface area (Å²) in [5.74, 6) is 0.0664. The number of aromatic nitrogens is 2. The molecule has 4 nitrogen and oxygen atoms in total. The highest BCUT2D eigenvalue weighted by atomic mass is 35.5. The van der Waals surface area contributed by atoms with E-state index in [0.717, 1.165) is 6.07 Å². The molecule has 1 aromatic rings. The van der Waals surface area contributed by atoms with Gasteiger partial charge in [-0.3, -0.25) is 0 Å². The molecule has 1 N–H and O–H groups in total. The SMILES string of the molecule is CC(CN(C)C)Nc1cc(C(F)(F)F)nc(Cl)n1. The largest absolute Gasteiger partial charge is 0.433 e. The first-order valence-electron chi connectivity index (χ1n) is 5.21. The summed E-state index contributed by atoms with van der Waals surface area (Å²) in [7, 11) is 3.73. The summed E-state index contributed by atoms with van der Waals surface area (Å²) in [6.07, 6.45) is -4.53. The highest BCUT2D eigenvalue weighted by molar-refractivity contribution is 6.28. The standard InChI is InChI=1S/C10H14ClF3N4/c1-6(5-18(2)3)15-8-4-7(10(12,13)14)16-9(11)17-8/h4,6H,5H2,1-3H3,(H,15,16,17). The minimum absolute atomic E-state index is 0.0629. The maximum absolute atomic E-state index is 12.5. The zero-order chi connectivity index (χ0) is 13.9. The number of rotatable bonds is 4. The fourth-order valence-corrected chi connectivity index (χ4v) is 1.66. The van der Waals surface area contributed by atoms with Crippen LogP contribution in [0.1, 0.15) is 12.6 Å². The average Bonchev–Trinajstić information content (AvgIpc) is 2.13. The number of anilines is 1. The fourth-order valence-electron chi connectivity index (χ4n) is 1.48. The molecule has 8 heteroatoms. The Morgan fingerprint density at radius 3 is 2.50 bits per heavy atom. The van der Waals surface area contributed by atoms with E-state index in [-0.39, 0.29) is 11.9 Å². The molecule has 0 saturated carbocycles. The van der Waals surface area contributed by atoms with Gasteiger partial charge >= 0.3 is 6.18 Å². The van der Waals surface area contributed by atoms with Gasteiger partial charge in [-0.1, -0.05) is 0 Å². The van der Waals surface area contributed by atoms with Crippen LogP contribution in [0.25, 0.3) is 0 Å². The van der Waals surface area contributed by atoms with E-state index < -0.39 is 17.2 Å². The summed E-state index contributed by atoms with van der Waals surface area (Å²) in [6.45, 7) is 2.49. The third-order valence-corrected chi connectivity index (χ3v) is 2.19. The van der Waals surface area contributed by atoms with E-state index in [1.54, 1.807) is 0 Å². The lowest BCUT2D eigenvalue weighted by Gasteiger charge is -2.19. The monoisotopic (exact) mass is 282 g/mol. The Bertz CT molecular complexity index is 409. The molecular weight excluding hydrogens is 269 g/mol. The van der Waals surface area contributed by atoms with Crippen LogP contribution in [-0.4, -0.2) is 41.5 Å². The Balaban J connectivity index is 2.87. The molecule has 102 valence electrons. The van der Waals surface area contributed by atoms with Crippen molar-refractivity contribution in [3.63, 3.8) is 0 Å². The first kappa shape index (κ1) is 15.0. The Labute approximate surface area is 108 Å². The van der Waals surface area contributed by atoms with Crippen molar-refractivity contribution >= 4 is 17.4 Å². The molecule has 0 radical (unpaired) electrons. The molecule has 1 unspecified atom stereocenters. The van der Waals surface area contributed by atoms with Crippen molar-refractivity contribution in [2.45, 2.75) is 19.1 Å². The van der Waals surface area contributed by atoms with Gasteiger partial charge in [0.15, 0.2) is 5.69 Å². The quantitative estimate of drug-likeness (QED) is 0.862. The summed E-state index contributed by atoms with van der Waals surface area (Å²) < 4.78 is 37.5. The van der Waals surface area contributed by atoms with Crippen molar-refractivity contribution in [3.05, 3.63) is 17.0 Å². The van der Waals surface area contributed by atoms with Crippen LogP contribution in [0, 0.1) is 0 Å². The summed E-state index contributed by atoms with van der Waals surface area (Å²) in [5.41, 5.74) is -1.05. The van der Waals surface area contributed by atoms with Gasteiger partial charge in [0.2, 0.25) is 5.28 Å². The summed E-state index contributed by atoms with van der Waals surface area (Å²) in [6, 6.07) is 0.782. The van der Waals surface area contributed by atoms with Crippen molar-refractivity contribution in [2.24, 2.45) is 0 Å². The predicted octanol–water partition coefficient (Wildman–Crippen LogP) is 2.51. The highest BCUT2D eigenvalue weighted by Crippen LogP contribution is 2.29. The molecule has 0 aliphatic heterocycles. The fraction of sp³-hybridized carbons (Fsp3) is 0.600. The van der Waals surface area contributed by atoms with Gasteiger partial charge in [-0.15, -0.1) is 0 Å². The van der Waals surface area contributed by atoms with Gasteiger partial charge in [-0.25, -0.2) is 9.97 Å². The minimum atomic E-state index is -4.53. The van der Waals surface area contributed by atoms with E-state index in [1.165, 1.54) is 0 Å². The van der Waals surface area contributed by atoms with Crippen molar-refractivity contribution in [1.82, 2.24) is 14.9 Å². The second-order valence-corrected chi connectivity index (χ2v) is 4.55. The number of nitrogens with one attached hydrogen (secondary N) is 1. The predicted molar refractivity (Wildman–Crippen MR) is 63.7 cm³/mol. The van der Waals surface area contributed by atoms with Crippen LogP contribution in [0.3, 0.4) is 0 Å². The molecule has 1 rings (SSSR count). The minimum Gasteiger partial charge on any atom is -0.366 e. The Morgan fingerprint density at radius 1 is 1.39 bits per heavy atom. The van der Waals surface area contributed by atoms with E-state index in [2.05, 4.69) is 15.3 Å². The van der Waals surface area contributed by atoms with Gasteiger partial charge in [-0.05, 0) is 32.6 Å². The first-order chi connectivity index (χ1) is 8.18. The molecule has 0 aromatic carbocycles. The average molecular weight is 283 g/mol. The number of alkyl halides is 3. The van der Waals surface area contributed by atoms with Crippen molar-refractivity contribution in [2.75, 3.05) is 26.0 Å². The number of likely N-dealkylation sites (N-methyl/N-ethyl adjacent to an activating group) is 1. The van der Waals surface area contributed by atoms with Crippen LogP contribution in [0.5, 0.6) is 0 Å². The second kappa shape index (κ2) is 5.71. The molecule has 18 heavy (non-hydrogen) atoms. The lowest BCUT2D eigenvalue weighted by Crippen LogP contribution is -2.30. The van der Waals surface area contributed by atoms with Gasteiger partial charge in [-0.2, -0.15) is 13.2 Å². The first-order valence-corrected chi connectivity index (χ1v) is 5.59. The van der Waals surface area contributed by atoms with Crippen LogP contribution in [0.15, 0.2) is 6.07 Å². The van der Waals surface area contributed by atoms with E-state index >= 15 is 0 Å². The van der Waals surface area contributed by atoms with Crippen LogP contribution in [-0.2, 0) is 6.18 Å². The van der Waals surface area contributed by atoms with E-state index in [1.807, 2.05) is 25.9 Å². The molecule has 1 heterocycles. The van der Waals surface area contributed by atoms with Crippen LogP contribution >= 0.6 is 11.6 Å². The zero-order valence-electron chi connectivity index (χ0n) is 10.2. The van der Waals surface area contributed by atoms with Crippen molar-refractivity contribution in [3.8, 4) is 0 Å². The van der Waals surface area contributed by atoms with Gasteiger partial charge < -0.3 is 10.2 Å². The number of halogens is 4. The van der Waals surface area contributed by atoms with Crippen molar-refractivity contribution in [1.29, 1.82) is 0 Å². The number of nitrogens with zero attached hydrogens (tertiary/aromatic N) is 3. The summed E-state index contributed by atoms with van der Waals surface area (Å²) >= 11 is 5.47. The maximum atomic E-state index is 12.5. The molecule has 0 fully saturated rings. The van der Waals surface area contributed by atoms with Crippen LogP contribution in [0.2, 0.25) is 5.28 Å². The lowest BCUT2D eigenvalue weighted by atomic mass is 10.3. The smallest absolute Gasteiger partial charge is 0.366 e. The van der Waals surface area contributed by atoms with Gasteiger partial charge in [0.25, 0.3) is 0 Å². The van der Waals surface area contributed by atoms with Crippen molar-refractivity contribution < 1.29 is 13.2 Å². The van der Waals surface area contributed by atoms with Gasteiger partial charge in [0.05, 0.1) is 0 Å². The van der Waals surface area contributed by atoms with E-state index in [0.29, 0.717) is 6.54 Å². The molecule has 0 spiro atoms. The third kappa shape index (κ3) is 4.66. The molecular formula is C10H14ClF3N4. The molecule has 0 aliphatic rings. The number of hydrogen-bond donors (Lipinski definition) is 1. The normalized spacial score (nSPS) is 13.8. The summed E-state index contributed by atoms with van der Waals surface area (Å²) in [5, 5.41) is 2.42. The lowest BCUT2D eigenvalue weighted by molar-refractivity contribution is -0.141. The van der Waals surface area contributed by atoms with E-state index in [9.17, 15) is 13.2 Å². The topological polar surface area (TPSA) is 41.0 Å². The van der Waals surface area contributed by atoms with E-state index in [4.69, 9.17) is 11.6 Å². The summed E-state index contributed by atoms with van der Waals surface area (Å²) in [4.78, 5) is 8.78. The number of hydrogen-bond acceptors (Lipinski definition) is 4. The van der Waals surface area contributed by atoms with Gasteiger partial charge in [0.1, 0.15) is 5.82 Å². The Kier molecular flexibility index (Phi) is 4.75. The molecule has 0 aliphatic carbocycles. The molecule has 0 saturated heterocycles. The molecule has 1 atom stereocenters. The highest BCUT2D eigenvalue weighted by Gasteiger charge is 2.33. The van der Waals surface area contributed by atoms with Crippen LogP contribution in [0.4, 0.5) is 19.0 Å². The zero-order valence-corrected chi connectivity index (χ0v) is 11.0. The van der Waals surface area contributed by atoms with Crippen LogP contribution < -0.4 is 5.32 Å². The Hall–Kier alpha value is -1.08. The second-order valence-electron chi connectivity index (χ2n) is 4.21. The maximum Gasteiger partial charge on any atom is 0.433 e.